The molecule has 3 rings (SSSR count). The van der Waals surface area contributed by atoms with E-state index in [2.05, 4.69) is 16.8 Å². The maximum Gasteiger partial charge on any atom is 0.257 e. The zero-order valence-corrected chi connectivity index (χ0v) is 12.6. The first-order valence-corrected chi connectivity index (χ1v) is 7.96. The molecule has 1 amide bonds. The van der Waals surface area contributed by atoms with E-state index in [9.17, 15) is 4.79 Å². The predicted molar refractivity (Wildman–Crippen MR) is 79.8 cm³/mol. The van der Waals surface area contributed by atoms with Gasteiger partial charge in [-0.15, -0.1) is 0 Å². The molecule has 1 aromatic rings. The van der Waals surface area contributed by atoms with Crippen molar-refractivity contribution in [2.24, 2.45) is 11.8 Å². The Bertz CT molecular complexity index is 505. The van der Waals surface area contributed by atoms with Crippen molar-refractivity contribution < 1.29 is 4.79 Å². The molecule has 1 aliphatic carbocycles. The summed E-state index contributed by atoms with van der Waals surface area (Å²) >= 11 is 6.15. The van der Waals surface area contributed by atoms with Gasteiger partial charge in [-0.1, -0.05) is 31.4 Å². The van der Waals surface area contributed by atoms with E-state index >= 15 is 0 Å². The van der Waals surface area contributed by atoms with Crippen molar-refractivity contribution in [3.05, 3.63) is 29.0 Å². The number of carbonyl (C=O) groups is 1. The number of aromatic nitrogens is 1. The topological polar surface area (TPSA) is 33.2 Å². The number of piperidine rings is 1. The molecule has 3 nitrogen and oxygen atoms in total. The highest BCUT2D eigenvalue weighted by Crippen LogP contribution is 2.39. The van der Waals surface area contributed by atoms with Gasteiger partial charge in [-0.05, 0) is 37.2 Å². The minimum atomic E-state index is 0.0619. The molecular weight excluding hydrogens is 272 g/mol. The van der Waals surface area contributed by atoms with Gasteiger partial charge in [0.25, 0.3) is 5.91 Å². The van der Waals surface area contributed by atoms with Gasteiger partial charge in [0.05, 0.1) is 10.6 Å². The fourth-order valence-corrected chi connectivity index (χ4v) is 4.04. The first kappa shape index (κ1) is 13.9. The Morgan fingerprint density at radius 2 is 2.15 bits per heavy atom. The predicted octanol–water partition coefficient (Wildman–Crippen LogP) is 3.78. The van der Waals surface area contributed by atoms with Crippen molar-refractivity contribution in [3.8, 4) is 0 Å². The number of amides is 1. The minimum Gasteiger partial charge on any atom is -0.335 e. The molecule has 108 valence electrons. The van der Waals surface area contributed by atoms with Crippen molar-refractivity contribution in [1.82, 2.24) is 9.88 Å². The lowest BCUT2D eigenvalue weighted by Crippen LogP contribution is -2.52. The van der Waals surface area contributed by atoms with Gasteiger partial charge in [-0.25, -0.2) is 0 Å². The Kier molecular flexibility index (Phi) is 3.97. The smallest absolute Gasteiger partial charge is 0.257 e. The van der Waals surface area contributed by atoms with Crippen LogP contribution in [0.5, 0.6) is 0 Å². The van der Waals surface area contributed by atoms with Gasteiger partial charge in [-0.2, -0.15) is 0 Å². The number of carbonyl (C=O) groups excluding carboxylic acids is 1. The number of hydrogen-bond acceptors (Lipinski definition) is 2. The van der Waals surface area contributed by atoms with Crippen LogP contribution in [0.4, 0.5) is 0 Å². The summed E-state index contributed by atoms with van der Waals surface area (Å²) in [5, 5.41) is 0.510. The molecule has 1 aliphatic heterocycles. The third-order valence-corrected chi connectivity index (χ3v) is 5.33. The van der Waals surface area contributed by atoms with E-state index in [1.54, 1.807) is 18.5 Å². The average Bonchev–Trinajstić information content (AvgIpc) is 2.48. The second-order valence-electron chi connectivity index (χ2n) is 6.14. The second kappa shape index (κ2) is 5.72. The standard InChI is InChI=1S/C16H21ClN2O/c1-11-7-9-19(15-5-3-2-4-12(11)15)16(20)13-10-18-8-6-14(13)17/h6,8,10-12,15H,2-5,7,9H2,1H3. The van der Waals surface area contributed by atoms with Crippen LogP contribution >= 0.6 is 11.6 Å². The SMILES string of the molecule is CC1CCN(C(=O)c2cnccc2Cl)C2CCCCC12. The first-order valence-electron chi connectivity index (χ1n) is 7.59. The first-order chi connectivity index (χ1) is 9.68. The lowest BCUT2D eigenvalue weighted by atomic mass is 9.72. The largest absolute Gasteiger partial charge is 0.335 e. The molecule has 2 heterocycles. The van der Waals surface area contributed by atoms with E-state index < -0.39 is 0 Å². The summed E-state index contributed by atoms with van der Waals surface area (Å²) in [7, 11) is 0. The van der Waals surface area contributed by atoms with Crippen LogP contribution in [0, 0.1) is 11.8 Å². The van der Waals surface area contributed by atoms with Crippen molar-refractivity contribution in [2.45, 2.75) is 45.1 Å². The number of rotatable bonds is 1. The van der Waals surface area contributed by atoms with E-state index in [-0.39, 0.29) is 5.91 Å². The fourth-order valence-electron chi connectivity index (χ4n) is 3.86. The van der Waals surface area contributed by atoms with Gasteiger partial charge in [-0.3, -0.25) is 9.78 Å². The van der Waals surface area contributed by atoms with Crippen molar-refractivity contribution in [1.29, 1.82) is 0 Å². The summed E-state index contributed by atoms with van der Waals surface area (Å²) in [6.45, 7) is 3.19. The second-order valence-corrected chi connectivity index (χ2v) is 6.54. The molecule has 4 heteroatoms. The lowest BCUT2D eigenvalue weighted by molar-refractivity contribution is 0.0217. The van der Waals surface area contributed by atoms with Crippen LogP contribution in [0.3, 0.4) is 0 Å². The number of hydrogen-bond donors (Lipinski definition) is 0. The molecule has 3 atom stereocenters. The van der Waals surface area contributed by atoms with Gasteiger partial charge in [0.1, 0.15) is 0 Å². The highest BCUT2D eigenvalue weighted by Gasteiger charge is 2.39. The van der Waals surface area contributed by atoms with Crippen LogP contribution in [-0.4, -0.2) is 28.4 Å². The maximum absolute atomic E-state index is 12.8. The number of likely N-dealkylation sites (tertiary alicyclic amines) is 1. The zero-order valence-electron chi connectivity index (χ0n) is 11.9. The minimum absolute atomic E-state index is 0.0619. The van der Waals surface area contributed by atoms with Crippen LogP contribution < -0.4 is 0 Å². The van der Waals surface area contributed by atoms with Crippen molar-refractivity contribution in [3.63, 3.8) is 0 Å². The molecule has 1 saturated heterocycles. The Morgan fingerprint density at radius 1 is 1.35 bits per heavy atom. The number of pyridine rings is 1. The summed E-state index contributed by atoms with van der Waals surface area (Å²) in [4.78, 5) is 18.9. The van der Waals surface area contributed by atoms with Crippen LogP contribution in [0.15, 0.2) is 18.5 Å². The monoisotopic (exact) mass is 292 g/mol. The number of nitrogens with zero attached hydrogens (tertiary/aromatic N) is 2. The van der Waals surface area contributed by atoms with Crippen LogP contribution in [0.2, 0.25) is 5.02 Å². The van der Waals surface area contributed by atoms with Gasteiger partial charge in [0.2, 0.25) is 0 Å². The third kappa shape index (κ3) is 2.44. The van der Waals surface area contributed by atoms with Gasteiger partial charge in [0.15, 0.2) is 0 Å². The fraction of sp³-hybridized carbons (Fsp3) is 0.625. The van der Waals surface area contributed by atoms with Crippen LogP contribution in [0.1, 0.15) is 49.4 Å². The third-order valence-electron chi connectivity index (χ3n) is 5.00. The molecule has 1 aromatic heterocycles. The summed E-state index contributed by atoms with van der Waals surface area (Å²) in [5.41, 5.74) is 0.549. The molecule has 2 fully saturated rings. The normalized spacial score (nSPS) is 29.9. The molecule has 2 aliphatic rings. The lowest BCUT2D eigenvalue weighted by Gasteiger charge is -2.47. The quantitative estimate of drug-likeness (QED) is 0.789. The van der Waals surface area contributed by atoms with E-state index in [0.717, 1.165) is 25.3 Å². The Hall–Kier alpha value is -1.09. The highest BCUT2D eigenvalue weighted by molar-refractivity contribution is 6.33. The summed E-state index contributed by atoms with van der Waals surface area (Å²) in [5.74, 6) is 1.46. The number of halogens is 1. The Morgan fingerprint density at radius 3 is 2.95 bits per heavy atom. The Labute approximate surface area is 125 Å². The van der Waals surface area contributed by atoms with E-state index in [1.165, 1.54) is 19.3 Å². The average molecular weight is 293 g/mol. The van der Waals surface area contributed by atoms with E-state index in [1.807, 2.05) is 0 Å². The molecule has 0 radical (unpaired) electrons. The molecule has 20 heavy (non-hydrogen) atoms. The zero-order chi connectivity index (χ0) is 14.1. The maximum atomic E-state index is 12.8. The molecule has 0 spiro atoms. The number of fused-ring (bicyclic) bond motifs is 1. The van der Waals surface area contributed by atoms with E-state index in [4.69, 9.17) is 11.6 Å². The highest BCUT2D eigenvalue weighted by atomic mass is 35.5. The van der Waals surface area contributed by atoms with Crippen molar-refractivity contribution >= 4 is 17.5 Å². The molecule has 0 N–H and O–H groups in total. The van der Waals surface area contributed by atoms with Gasteiger partial charge < -0.3 is 4.90 Å². The van der Waals surface area contributed by atoms with Crippen molar-refractivity contribution in [2.75, 3.05) is 6.54 Å². The van der Waals surface area contributed by atoms with Gasteiger partial charge >= 0.3 is 0 Å². The summed E-state index contributed by atoms with van der Waals surface area (Å²) < 4.78 is 0. The molecule has 1 saturated carbocycles. The van der Waals surface area contributed by atoms with Crippen LogP contribution in [0.25, 0.3) is 0 Å². The van der Waals surface area contributed by atoms with E-state index in [0.29, 0.717) is 22.5 Å². The van der Waals surface area contributed by atoms with Crippen LogP contribution in [-0.2, 0) is 0 Å². The molecule has 0 aromatic carbocycles. The summed E-state index contributed by atoms with van der Waals surface area (Å²) in [6.07, 6.45) is 9.26. The molecule has 0 bridgehead atoms. The Balaban J connectivity index is 1.85. The summed E-state index contributed by atoms with van der Waals surface area (Å²) in [6, 6.07) is 2.09. The van der Waals surface area contributed by atoms with Gasteiger partial charge in [0, 0.05) is 25.0 Å². The molecular formula is C16H21ClN2O. The molecule has 3 unspecified atom stereocenters.